The lowest BCUT2D eigenvalue weighted by molar-refractivity contribution is -0.147. The molecule has 1 spiro atoms. The van der Waals surface area contributed by atoms with Crippen molar-refractivity contribution in [3.8, 4) is 0 Å². The van der Waals surface area contributed by atoms with Gasteiger partial charge >= 0.3 is 0 Å². The molecule has 1 aromatic heterocycles. The maximum absolute atomic E-state index is 5.99. The second kappa shape index (κ2) is 5.57. The molecule has 0 amide bonds. The van der Waals surface area contributed by atoms with E-state index in [1.807, 2.05) is 18.3 Å². The van der Waals surface area contributed by atoms with Crippen LogP contribution in [-0.4, -0.2) is 23.2 Å². The fourth-order valence-corrected chi connectivity index (χ4v) is 3.43. The fraction of sp³-hybridized carbons (Fsp3) is 0.667. The average molecular weight is 261 g/mol. The lowest BCUT2D eigenvalue weighted by atomic mass is 9.70. The molecule has 3 N–H and O–H groups in total. The molecule has 0 bridgehead atoms. The van der Waals surface area contributed by atoms with Crippen LogP contribution in [0, 0.1) is 5.92 Å². The Labute approximate surface area is 114 Å². The van der Waals surface area contributed by atoms with Crippen molar-refractivity contribution in [2.24, 2.45) is 11.8 Å². The van der Waals surface area contributed by atoms with Crippen molar-refractivity contribution >= 4 is 0 Å². The van der Waals surface area contributed by atoms with Crippen molar-refractivity contribution in [3.05, 3.63) is 30.1 Å². The normalized spacial score (nSPS) is 26.9. The van der Waals surface area contributed by atoms with Gasteiger partial charge in [-0.2, -0.15) is 0 Å². The van der Waals surface area contributed by atoms with Gasteiger partial charge in [-0.15, -0.1) is 0 Å². The predicted octanol–water partition coefficient (Wildman–Crippen LogP) is 1.81. The number of nitrogens with one attached hydrogen (secondary N) is 1. The van der Waals surface area contributed by atoms with Crippen LogP contribution >= 0.6 is 0 Å². The first-order valence-corrected chi connectivity index (χ1v) is 7.31. The molecule has 2 atom stereocenters. The highest BCUT2D eigenvalue weighted by molar-refractivity contribution is 5.07. The molecule has 2 unspecified atom stereocenters. The van der Waals surface area contributed by atoms with Crippen molar-refractivity contribution in [3.63, 3.8) is 0 Å². The third kappa shape index (κ3) is 2.81. The van der Waals surface area contributed by atoms with Gasteiger partial charge in [0.25, 0.3) is 0 Å². The van der Waals surface area contributed by atoms with Crippen molar-refractivity contribution in [2.75, 3.05) is 6.61 Å². The summed E-state index contributed by atoms with van der Waals surface area (Å²) in [5.41, 5.74) is 4.30. The van der Waals surface area contributed by atoms with Crippen molar-refractivity contribution in [2.45, 2.75) is 50.2 Å². The van der Waals surface area contributed by atoms with Crippen LogP contribution in [0.4, 0.5) is 0 Å². The minimum atomic E-state index is 0.183. The number of aromatic nitrogens is 1. The molecule has 19 heavy (non-hydrogen) atoms. The first kappa shape index (κ1) is 13.0. The number of rotatable bonds is 4. The topological polar surface area (TPSA) is 60.2 Å². The Morgan fingerprint density at radius 2 is 2.37 bits per heavy atom. The maximum Gasteiger partial charge on any atom is 0.0685 e. The predicted molar refractivity (Wildman–Crippen MR) is 74.3 cm³/mol. The second-order valence-electron chi connectivity index (χ2n) is 5.94. The third-order valence-electron chi connectivity index (χ3n) is 4.73. The Bertz CT molecular complexity index is 405. The Morgan fingerprint density at radius 1 is 1.47 bits per heavy atom. The van der Waals surface area contributed by atoms with Gasteiger partial charge in [0.05, 0.1) is 5.60 Å². The smallest absolute Gasteiger partial charge is 0.0685 e. The van der Waals surface area contributed by atoms with Gasteiger partial charge in [0.2, 0.25) is 0 Å². The Kier molecular flexibility index (Phi) is 3.82. The summed E-state index contributed by atoms with van der Waals surface area (Å²) in [5.74, 6) is 6.38. The van der Waals surface area contributed by atoms with Crippen molar-refractivity contribution in [1.29, 1.82) is 0 Å². The summed E-state index contributed by atoms with van der Waals surface area (Å²) in [4.78, 5) is 4.41. The zero-order valence-corrected chi connectivity index (χ0v) is 11.3. The van der Waals surface area contributed by atoms with Crippen molar-refractivity contribution < 1.29 is 4.74 Å². The van der Waals surface area contributed by atoms with Crippen molar-refractivity contribution in [1.82, 2.24) is 10.4 Å². The van der Waals surface area contributed by atoms with E-state index in [9.17, 15) is 0 Å². The summed E-state index contributed by atoms with van der Waals surface area (Å²) in [6.45, 7) is 0.880. The molecular formula is C15H23N3O. The van der Waals surface area contributed by atoms with Crippen LogP contribution in [0.25, 0.3) is 0 Å². The molecule has 0 radical (unpaired) electrons. The molecule has 4 heteroatoms. The lowest BCUT2D eigenvalue weighted by Gasteiger charge is -2.48. The number of nitrogens with two attached hydrogens (primary N) is 1. The van der Waals surface area contributed by atoms with Crippen LogP contribution in [0.3, 0.4) is 0 Å². The number of hydrogen-bond acceptors (Lipinski definition) is 4. The molecule has 1 aromatic rings. The summed E-state index contributed by atoms with van der Waals surface area (Å²) < 4.78 is 5.99. The standard InChI is InChI=1S/C15H23N3O/c16-18-14(10-13-4-1-2-8-17-13)12-5-9-19-15(11-12)6-3-7-15/h1-2,4,8,12,14,18H,3,5-7,9-11,16H2. The third-order valence-corrected chi connectivity index (χ3v) is 4.73. The highest BCUT2D eigenvalue weighted by atomic mass is 16.5. The number of pyridine rings is 1. The molecule has 1 aliphatic carbocycles. The first-order valence-electron chi connectivity index (χ1n) is 7.31. The van der Waals surface area contributed by atoms with Crippen LogP contribution in [0.2, 0.25) is 0 Å². The highest BCUT2D eigenvalue weighted by Gasteiger charge is 2.44. The fourth-order valence-electron chi connectivity index (χ4n) is 3.43. The zero-order valence-electron chi connectivity index (χ0n) is 11.3. The molecule has 4 nitrogen and oxygen atoms in total. The van der Waals surface area contributed by atoms with Gasteiger partial charge in [0.1, 0.15) is 0 Å². The summed E-state index contributed by atoms with van der Waals surface area (Å²) in [7, 11) is 0. The van der Waals surface area contributed by atoms with E-state index in [1.165, 1.54) is 19.3 Å². The molecule has 3 rings (SSSR count). The lowest BCUT2D eigenvalue weighted by Crippen LogP contribution is -2.52. The van der Waals surface area contributed by atoms with Gasteiger partial charge < -0.3 is 4.74 Å². The van der Waals surface area contributed by atoms with E-state index in [-0.39, 0.29) is 5.60 Å². The maximum atomic E-state index is 5.99. The summed E-state index contributed by atoms with van der Waals surface area (Å²) in [6, 6.07) is 6.36. The summed E-state index contributed by atoms with van der Waals surface area (Å²) in [6.07, 6.45) is 8.76. The SMILES string of the molecule is NNC(Cc1ccccn1)C1CCOC2(CCC2)C1. The van der Waals surface area contributed by atoms with Crippen LogP contribution in [0.5, 0.6) is 0 Å². The van der Waals surface area contributed by atoms with E-state index in [2.05, 4.69) is 16.5 Å². The Hall–Kier alpha value is -0.970. The molecule has 0 aromatic carbocycles. The van der Waals surface area contributed by atoms with Gasteiger partial charge in [-0.1, -0.05) is 6.07 Å². The molecule has 1 saturated heterocycles. The molecule has 2 aliphatic rings. The van der Waals surface area contributed by atoms with Gasteiger partial charge in [0, 0.05) is 31.0 Å². The van der Waals surface area contributed by atoms with Gasteiger partial charge in [-0.05, 0) is 50.2 Å². The number of ether oxygens (including phenoxy) is 1. The molecular weight excluding hydrogens is 238 g/mol. The quantitative estimate of drug-likeness (QED) is 0.641. The van der Waals surface area contributed by atoms with Crippen LogP contribution in [0.1, 0.15) is 37.8 Å². The zero-order chi connectivity index (χ0) is 13.1. The Balaban J connectivity index is 1.64. The van der Waals surface area contributed by atoms with Gasteiger partial charge in [0.15, 0.2) is 0 Å². The summed E-state index contributed by atoms with van der Waals surface area (Å²) in [5, 5.41) is 0. The van der Waals surface area contributed by atoms with Gasteiger partial charge in [-0.25, -0.2) is 0 Å². The minimum Gasteiger partial charge on any atom is -0.375 e. The van der Waals surface area contributed by atoms with Gasteiger partial charge in [-0.3, -0.25) is 16.3 Å². The van der Waals surface area contributed by atoms with E-state index in [4.69, 9.17) is 10.6 Å². The second-order valence-corrected chi connectivity index (χ2v) is 5.94. The monoisotopic (exact) mass is 261 g/mol. The first-order chi connectivity index (χ1) is 9.31. The molecule has 2 fully saturated rings. The average Bonchev–Trinajstić information content (AvgIpc) is 2.44. The number of hydrazine groups is 1. The molecule has 1 aliphatic heterocycles. The van der Waals surface area contributed by atoms with Crippen LogP contribution in [-0.2, 0) is 11.2 Å². The van der Waals surface area contributed by atoms with E-state index in [0.717, 1.165) is 31.6 Å². The largest absolute Gasteiger partial charge is 0.375 e. The number of nitrogens with zero attached hydrogens (tertiary/aromatic N) is 1. The highest BCUT2D eigenvalue weighted by Crippen LogP contribution is 2.45. The minimum absolute atomic E-state index is 0.183. The van der Waals surface area contributed by atoms with E-state index < -0.39 is 0 Å². The van der Waals surface area contributed by atoms with E-state index >= 15 is 0 Å². The Morgan fingerprint density at radius 3 is 3.00 bits per heavy atom. The molecule has 2 heterocycles. The van der Waals surface area contributed by atoms with E-state index in [1.54, 1.807) is 0 Å². The van der Waals surface area contributed by atoms with Crippen LogP contribution in [0.15, 0.2) is 24.4 Å². The van der Waals surface area contributed by atoms with E-state index in [0.29, 0.717) is 12.0 Å². The molecule has 1 saturated carbocycles. The summed E-state index contributed by atoms with van der Waals surface area (Å²) >= 11 is 0. The molecule has 104 valence electrons. The number of hydrogen-bond donors (Lipinski definition) is 2. The van der Waals surface area contributed by atoms with Crippen LogP contribution < -0.4 is 11.3 Å².